The van der Waals surface area contributed by atoms with Crippen molar-refractivity contribution >= 4 is 16.3 Å². The van der Waals surface area contributed by atoms with Gasteiger partial charge in [-0.2, -0.15) is 14.7 Å². The first-order valence-electron chi connectivity index (χ1n) is 8.11. The quantitative estimate of drug-likeness (QED) is 0.579. The maximum absolute atomic E-state index is 5.48. The molecule has 0 saturated heterocycles. The van der Waals surface area contributed by atoms with Gasteiger partial charge in [0.05, 0.1) is 19.8 Å². The van der Waals surface area contributed by atoms with Gasteiger partial charge in [-0.25, -0.2) is 0 Å². The third-order valence-corrected chi connectivity index (χ3v) is 5.01. The second-order valence-electron chi connectivity index (χ2n) is 6.05. The SMILES string of the molecule is COc1ccc(-c2nn3c(-c4cc(C(C)C)[nH]n4)nnc3s2)c(OC)c1. The molecule has 3 heterocycles. The Morgan fingerprint density at radius 2 is 1.96 bits per heavy atom. The number of nitrogens with zero attached hydrogens (tertiary/aromatic N) is 5. The number of hydrogen-bond donors (Lipinski definition) is 1. The number of rotatable bonds is 5. The molecule has 0 atom stereocenters. The predicted molar refractivity (Wildman–Crippen MR) is 98.9 cm³/mol. The highest BCUT2D eigenvalue weighted by Gasteiger charge is 2.19. The fourth-order valence-corrected chi connectivity index (χ4v) is 3.48. The summed E-state index contributed by atoms with van der Waals surface area (Å²) >= 11 is 1.44. The summed E-state index contributed by atoms with van der Waals surface area (Å²) in [6.07, 6.45) is 0. The van der Waals surface area contributed by atoms with Crippen LogP contribution in [0.25, 0.3) is 27.1 Å². The molecular formula is C17H18N6O2S. The summed E-state index contributed by atoms with van der Waals surface area (Å²) in [5.41, 5.74) is 2.64. The van der Waals surface area contributed by atoms with E-state index in [2.05, 4.69) is 39.3 Å². The Balaban J connectivity index is 1.79. The molecule has 1 aromatic carbocycles. The molecule has 0 unspecified atom stereocenters. The smallest absolute Gasteiger partial charge is 0.235 e. The zero-order chi connectivity index (χ0) is 18.3. The highest BCUT2D eigenvalue weighted by molar-refractivity contribution is 7.19. The van der Waals surface area contributed by atoms with Gasteiger partial charge in [-0.1, -0.05) is 25.2 Å². The van der Waals surface area contributed by atoms with Crippen LogP contribution in [-0.2, 0) is 0 Å². The minimum Gasteiger partial charge on any atom is -0.497 e. The van der Waals surface area contributed by atoms with Gasteiger partial charge < -0.3 is 9.47 Å². The van der Waals surface area contributed by atoms with E-state index in [0.717, 1.165) is 27.7 Å². The zero-order valence-corrected chi connectivity index (χ0v) is 15.7. The van der Waals surface area contributed by atoms with Crippen molar-refractivity contribution in [2.24, 2.45) is 0 Å². The van der Waals surface area contributed by atoms with Crippen molar-refractivity contribution in [3.8, 4) is 33.6 Å². The van der Waals surface area contributed by atoms with E-state index < -0.39 is 0 Å². The molecule has 0 aliphatic rings. The van der Waals surface area contributed by atoms with E-state index in [1.54, 1.807) is 18.7 Å². The molecule has 0 aliphatic carbocycles. The molecule has 9 heteroatoms. The molecule has 4 rings (SSSR count). The average molecular weight is 370 g/mol. The average Bonchev–Trinajstić information content (AvgIpc) is 3.36. The van der Waals surface area contributed by atoms with Gasteiger partial charge >= 0.3 is 0 Å². The van der Waals surface area contributed by atoms with Crippen molar-refractivity contribution in [1.29, 1.82) is 0 Å². The van der Waals surface area contributed by atoms with Crippen LogP contribution in [0.2, 0.25) is 0 Å². The molecule has 0 fully saturated rings. The van der Waals surface area contributed by atoms with E-state index in [-0.39, 0.29) is 0 Å². The second-order valence-corrected chi connectivity index (χ2v) is 7.01. The molecular weight excluding hydrogens is 352 g/mol. The summed E-state index contributed by atoms with van der Waals surface area (Å²) in [4.78, 5) is 0.696. The summed E-state index contributed by atoms with van der Waals surface area (Å²) in [5.74, 6) is 2.39. The van der Waals surface area contributed by atoms with Crippen LogP contribution in [0.4, 0.5) is 0 Å². The van der Waals surface area contributed by atoms with E-state index in [0.29, 0.717) is 22.5 Å². The van der Waals surface area contributed by atoms with Gasteiger partial charge in [0.2, 0.25) is 10.8 Å². The molecule has 0 bridgehead atoms. The highest BCUT2D eigenvalue weighted by Crippen LogP contribution is 2.36. The number of H-pyrrole nitrogens is 1. The Bertz CT molecular complexity index is 1060. The van der Waals surface area contributed by atoms with E-state index in [1.165, 1.54) is 11.3 Å². The van der Waals surface area contributed by atoms with Gasteiger partial charge in [0.25, 0.3) is 0 Å². The van der Waals surface area contributed by atoms with Gasteiger partial charge in [0.1, 0.15) is 17.2 Å². The Morgan fingerprint density at radius 1 is 1.12 bits per heavy atom. The summed E-state index contributed by atoms with van der Waals surface area (Å²) in [6.45, 7) is 4.21. The van der Waals surface area contributed by atoms with Crippen LogP contribution < -0.4 is 9.47 Å². The lowest BCUT2D eigenvalue weighted by molar-refractivity contribution is 0.395. The van der Waals surface area contributed by atoms with Crippen molar-refractivity contribution in [2.45, 2.75) is 19.8 Å². The van der Waals surface area contributed by atoms with Crippen LogP contribution in [0.15, 0.2) is 24.3 Å². The zero-order valence-electron chi connectivity index (χ0n) is 14.8. The molecule has 0 spiro atoms. The number of aromatic nitrogens is 6. The molecule has 0 radical (unpaired) electrons. The topological polar surface area (TPSA) is 90.2 Å². The van der Waals surface area contributed by atoms with E-state index in [9.17, 15) is 0 Å². The van der Waals surface area contributed by atoms with Crippen LogP contribution in [-0.4, -0.2) is 44.2 Å². The first-order valence-corrected chi connectivity index (χ1v) is 8.92. The number of ether oxygens (including phenoxy) is 2. The van der Waals surface area contributed by atoms with Gasteiger partial charge in [0.15, 0.2) is 5.01 Å². The van der Waals surface area contributed by atoms with Gasteiger partial charge in [-0.05, 0) is 24.1 Å². The number of fused-ring (bicyclic) bond motifs is 1. The standard InChI is InChI=1S/C17H18N6O2S/c1-9(2)12-8-13(19-18-12)15-20-21-17-23(15)22-16(26-17)11-6-5-10(24-3)7-14(11)25-4/h5-9H,1-4H3,(H,18,19). The van der Waals surface area contributed by atoms with E-state index in [1.807, 2.05) is 24.3 Å². The van der Waals surface area contributed by atoms with Crippen molar-refractivity contribution in [3.63, 3.8) is 0 Å². The molecule has 4 aromatic rings. The molecule has 8 nitrogen and oxygen atoms in total. The Labute approximate surface area is 153 Å². The lowest BCUT2D eigenvalue weighted by Crippen LogP contribution is -1.93. The Hall–Kier alpha value is -2.94. The van der Waals surface area contributed by atoms with Gasteiger partial charge in [0, 0.05) is 11.8 Å². The van der Waals surface area contributed by atoms with Crippen LogP contribution in [0.3, 0.4) is 0 Å². The number of benzene rings is 1. The van der Waals surface area contributed by atoms with E-state index in [4.69, 9.17) is 9.47 Å². The highest BCUT2D eigenvalue weighted by atomic mass is 32.1. The third kappa shape index (κ3) is 2.70. The summed E-state index contributed by atoms with van der Waals surface area (Å²) in [7, 11) is 3.25. The lowest BCUT2D eigenvalue weighted by atomic mass is 10.1. The number of hydrogen-bond acceptors (Lipinski definition) is 7. The predicted octanol–water partition coefficient (Wildman–Crippen LogP) is 3.38. The van der Waals surface area contributed by atoms with Crippen molar-refractivity contribution in [2.75, 3.05) is 14.2 Å². The van der Waals surface area contributed by atoms with Crippen LogP contribution in [0.1, 0.15) is 25.5 Å². The largest absolute Gasteiger partial charge is 0.497 e. The maximum atomic E-state index is 5.48. The molecule has 134 valence electrons. The van der Waals surface area contributed by atoms with Gasteiger partial charge in [-0.3, -0.25) is 5.10 Å². The van der Waals surface area contributed by atoms with Crippen molar-refractivity contribution in [1.82, 2.24) is 30.0 Å². The summed E-state index contributed by atoms with van der Waals surface area (Å²) < 4.78 is 12.4. The lowest BCUT2D eigenvalue weighted by Gasteiger charge is -2.07. The number of aromatic amines is 1. The molecule has 0 saturated carbocycles. The monoisotopic (exact) mass is 370 g/mol. The molecule has 0 aliphatic heterocycles. The van der Waals surface area contributed by atoms with E-state index >= 15 is 0 Å². The first kappa shape index (κ1) is 16.5. The minimum atomic E-state index is 0.356. The number of methoxy groups -OCH3 is 2. The van der Waals surface area contributed by atoms with Crippen molar-refractivity contribution in [3.05, 3.63) is 30.0 Å². The second kappa shape index (κ2) is 6.41. The normalized spacial score (nSPS) is 11.4. The molecule has 1 N–H and O–H groups in total. The summed E-state index contributed by atoms with van der Waals surface area (Å²) in [6, 6.07) is 7.62. The molecule has 0 amide bonds. The van der Waals surface area contributed by atoms with Gasteiger partial charge in [-0.15, -0.1) is 10.2 Å². The fourth-order valence-electron chi connectivity index (χ4n) is 2.61. The number of nitrogens with one attached hydrogen (secondary N) is 1. The third-order valence-electron chi connectivity index (χ3n) is 4.08. The van der Waals surface area contributed by atoms with Crippen LogP contribution in [0.5, 0.6) is 11.5 Å². The Kier molecular flexibility index (Phi) is 4.08. The summed E-state index contributed by atoms with van der Waals surface area (Å²) in [5, 5.41) is 21.3. The molecule has 26 heavy (non-hydrogen) atoms. The Morgan fingerprint density at radius 3 is 2.65 bits per heavy atom. The molecule has 3 aromatic heterocycles. The minimum absolute atomic E-state index is 0.356. The maximum Gasteiger partial charge on any atom is 0.235 e. The van der Waals surface area contributed by atoms with Crippen molar-refractivity contribution < 1.29 is 9.47 Å². The van der Waals surface area contributed by atoms with Crippen LogP contribution >= 0.6 is 11.3 Å². The fraction of sp³-hybridized carbons (Fsp3) is 0.294. The van der Waals surface area contributed by atoms with Crippen LogP contribution in [0, 0.1) is 0 Å². The first-order chi connectivity index (χ1) is 12.6.